The molecule has 0 aromatic rings. The van der Waals surface area contributed by atoms with E-state index in [1.165, 1.54) is 89.9 Å². The topological polar surface area (TPSA) is 52.6 Å². The van der Waals surface area contributed by atoms with Gasteiger partial charge in [-0.1, -0.05) is 117 Å². The second-order valence-electron chi connectivity index (χ2n) is 11.5. The van der Waals surface area contributed by atoms with Crippen molar-refractivity contribution in [3.63, 3.8) is 0 Å². The van der Waals surface area contributed by atoms with Gasteiger partial charge in [0.2, 0.25) is 0 Å². The number of carbonyl (C=O) groups is 2. The zero-order chi connectivity index (χ0) is 26.4. The van der Waals surface area contributed by atoms with Crippen LogP contribution in [0.25, 0.3) is 0 Å². The normalized spacial score (nSPS) is 19.6. The zero-order valence-electron chi connectivity index (χ0n) is 24.5. The van der Waals surface area contributed by atoms with Crippen LogP contribution in [0.1, 0.15) is 169 Å². The highest BCUT2D eigenvalue weighted by molar-refractivity contribution is 5.82. The number of unbranched alkanes of at least 4 members (excludes halogenated alkanes) is 14. The van der Waals surface area contributed by atoms with Crippen molar-refractivity contribution >= 4 is 11.9 Å². The molecule has 1 aliphatic carbocycles. The van der Waals surface area contributed by atoms with Crippen LogP contribution in [0, 0.1) is 11.8 Å². The SMILES string of the molecule is CCCCCCCCCCC(C)OC(=O)C1CCCCC1C(=O)OC(C)CCCCCCCCCC. The van der Waals surface area contributed by atoms with E-state index in [4.69, 9.17) is 9.47 Å². The minimum absolute atomic E-state index is 0.0721. The summed E-state index contributed by atoms with van der Waals surface area (Å²) in [5, 5.41) is 0. The van der Waals surface area contributed by atoms with E-state index in [1.54, 1.807) is 0 Å². The van der Waals surface area contributed by atoms with Gasteiger partial charge >= 0.3 is 11.9 Å². The summed E-state index contributed by atoms with van der Waals surface area (Å²) in [5.41, 5.74) is 0. The number of rotatable bonds is 22. The first-order valence-corrected chi connectivity index (χ1v) is 15.9. The quantitative estimate of drug-likeness (QED) is 0.108. The first-order chi connectivity index (χ1) is 17.5. The van der Waals surface area contributed by atoms with E-state index in [1.807, 2.05) is 13.8 Å². The molecule has 0 N–H and O–H groups in total. The van der Waals surface area contributed by atoms with Crippen LogP contribution < -0.4 is 0 Å². The predicted octanol–water partition coefficient (Wildman–Crippen LogP) is 9.72. The van der Waals surface area contributed by atoms with Crippen molar-refractivity contribution in [3.05, 3.63) is 0 Å². The van der Waals surface area contributed by atoms with Crippen molar-refractivity contribution < 1.29 is 19.1 Å². The van der Waals surface area contributed by atoms with Crippen LogP contribution >= 0.6 is 0 Å². The molecule has 212 valence electrons. The standard InChI is InChI=1S/C32H60O4/c1-5-7-9-11-13-15-17-19-23-27(3)35-31(33)29-25-21-22-26-30(29)32(34)36-28(4)24-20-18-16-14-12-10-8-6-2/h27-30H,5-26H2,1-4H3. The molecule has 4 unspecified atom stereocenters. The van der Waals surface area contributed by atoms with Crippen LogP contribution in [-0.4, -0.2) is 24.1 Å². The van der Waals surface area contributed by atoms with E-state index in [0.717, 1.165) is 51.4 Å². The number of ether oxygens (including phenoxy) is 2. The fourth-order valence-corrected chi connectivity index (χ4v) is 5.52. The van der Waals surface area contributed by atoms with E-state index < -0.39 is 0 Å². The highest BCUT2D eigenvalue weighted by Gasteiger charge is 2.38. The summed E-state index contributed by atoms with van der Waals surface area (Å²) in [6.45, 7) is 8.50. The molecule has 1 rings (SSSR count). The lowest BCUT2D eigenvalue weighted by molar-refractivity contribution is -0.168. The van der Waals surface area contributed by atoms with Gasteiger partial charge in [-0.15, -0.1) is 0 Å². The summed E-state index contributed by atoms with van der Waals surface area (Å²) in [6.07, 6.45) is 25.7. The second-order valence-corrected chi connectivity index (χ2v) is 11.5. The largest absolute Gasteiger partial charge is 0.462 e. The van der Waals surface area contributed by atoms with Crippen LogP contribution in [0.2, 0.25) is 0 Å². The fraction of sp³-hybridized carbons (Fsp3) is 0.938. The van der Waals surface area contributed by atoms with Crippen molar-refractivity contribution in [3.8, 4) is 0 Å². The van der Waals surface area contributed by atoms with E-state index in [2.05, 4.69) is 13.8 Å². The third kappa shape index (κ3) is 15.9. The summed E-state index contributed by atoms with van der Waals surface area (Å²) in [6, 6.07) is 0. The summed E-state index contributed by atoms with van der Waals surface area (Å²) in [4.78, 5) is 25.9. The molecule has 0 aromatic carbocycles. The minimum Gasteiger partial charge on any atom is -0.462 e. The van der Waals surface area contributed by atoms with Crippen LogP contribution in [0.5, 0.6) is 0 Å². The monoisotopic (exact) mass is 508 g/mol. The van der Waals surface area contributed by atoms with Gasteiger partial charge in [0.1, 0.15) is 0 Å². The third-order valence-electron chi connectivity index (χ3n) is 7.93. The summed E-state index contributed by atoms with van der Waals surface area (Å²) in [5.74, 6) is -1.02. The highest BCUT2D eigenvalue weighted by atomic mass is 16.6. The molecule has 4 nitrogen and oxygen atoms in total. The highest BCUT2D eigenvalue weighted by Crippen LogP contribution is 2.33. The molecule has 1 fully saturated rings. The molecular formula is C32H60O4. The van der Waals surface area contributed by atoms with Crippen LogP contribution in [0.3, 0.4) is 0 Å². The van der Waals surface area contributed by atoms with Crippen LogP contribution in [0.4, 0.5) is 0 Å². The molecule has 0 heterocycles. The summed E-state index contributed by atoms with van der Waals surface area (Å²) >= 11 is 0. The lowest BCUT2D eigenvalue weighted by atomic mass is 9.79. The fourth-order valence-electron chi connectivity index (χ4n) is 5.52. The molecule has 4 heteroatoms. The van der Waals surface area contributed by atoms with Gasteiger partial charge < -0.3 is 9.47 Å². The lowest BCUT2D eigenvalue weighted by Gasteiger charge is -2.30. The van der Waals surface area contributed by atoms with Gasteiger partial charge in [-0.25, -0.2) is 0 Å². The van der Waals surface area contributed by atoms with Gasteiger partial charge in [0.25, 0.3) is 0 Å². The van der Waals surface area contributed by atoms with E-state index in [0.29, 0.717) is 0 Å². The smallest absolute Gasteiger partial charge is 0.310 e. The van der Waals surface area contributed by atoms with Crippen LogP contribution in [-0.2, 0) is 19.1 Å². The Morgan fingerprint density at radius 1 is 0.556 bits per heavy atom. The first kappa shape index (κ1) is 33.0. The van der Waals surface area contributed by atoms with Crippen molar-refractivity contribution in [2.75, 3.05) is 0 Å². The minimum atomic E-state index is -0.331. The molecule has 0 aliphatic heterocycles. The van der Waals surface area contributed by atoms with E-state index >= 15 is 0 Å². The zero-order valence-corrected chi connectivity index (χ0v) is 24.5. The van der Waals surface area contributed by atoms with Gasteiger partial charge in [-0.2, -0.15) is 0 Å². The molecule has 0 aromatic heterocycles. The van der Waals surface area contributed by atoms with Crippen LogP contribution in [0.15, 0.2) is 0 Å². The Bertz CT molecular complexity index is 498. The molecule has 0 bridgehead atoms. The second kappa shape index (κ2) is 22.0. The van der Waals surface area contributed by atoms with Gasteiger partial charge in [0.05, 0.1) is 24.0 Å². The molecule has 36 heavy (non-hydrogen) atoms. The number of esters is 2. The third-order valence-corrected chi connectivity index (χ3v) is 7.93. The predicted molar refractivity (Wildman–Crippen MR) is 151 cm³/mol. The maximum Gasteiger partial charge on any atom is 0.310 e. The van der Waals surface area contributed by atoms with Gasteiger partial charge in [-0.3, -0.25) is 9.59 Å². The van der Waals surface area contributed by atoms with Crippen molar-refractivity contribution in [1.29, 1.82) is 0 Å². The average molecular weight is 509 g/mol. The van der Waals surface area contributed by atoms with Gasteiger partial charge in [-0.05, 0) is 52.4 Å². The van der Waals surface area contributed by atoms with E-state index in [9.17, 15) is 9.59 Å². The molecule has 0 amide bonds. The first-order valence-electron chi connectivity index (χ1n) is 15.9. The Kier molecular flexibility index (Phi) is 20.1. The number of carbonyl (C=O) groups excluding carboxylic acids is 2. The van der Waals surface area contributed by atoms with Gasteiger partial charge in [0.15, 0.2) is 0 Å². The molecule has 0 radical (unpaired) electrons. The Balaban J connectivity index is 2.27. The lowest BCUT2D eigenvalue weighted by Crippen LogP contribution is -2.37. The molecular weight excluding hydrogens is 448 g/mol. The van der Waals surface area contributed by atoms with Gasteiger partial charge in [0, 0.05) is 0 Å². The molecule has 0 saturated heterocycles. The Labute approximate surface area is 224 Å². The van der Waals surface area contributed by atoms with Crippen molar-refractivity contribution in [2.24, 2.45) is 11.8 Å². The molecule has 1 saturated carbocycles. The Morgan fingerprint density at radius 2 is 0.861 bits per heavy atom. The molecule has 0 spiro atoms. The molecule has 4 atom stereocenters. The maximum absolute atomic E-state index is 13.0. The maximum atomic E-state index is 13.0. The number of hydrogen-bond acceptors (Lipinski definition) is 4. The molecule has 1 aliphatic rings. The van der Waals surface area contributed by atoms with Crippen molar-refractivity contribution in [2.45, 2.75) is 181 Å². The van der Waals surface area contributed by atoms with E-state index in [-0.39, 0.29) is 36.0 Å². The average Bonchev–Trinajstić information content (AvgIpc) is 2.87. The summed E-state index contributed by atoms with van der Waals surface area (Å²) in [7, 11) is 0. The van der Waals surface area contributed by atoms with Crippen molar-refractivity contribution in [1.82, 2.24) is 0 Å². The Morgan fingerprint density at radius 3 is 1.19 bits per heavy atom. The number of hydrogen-bond donors (Lipinski definition) is 0. The Hall–Kier alpha value is -1.06. The summed E-state index contributed by atoms with van der Waals surface area (Å²) < 4.78 is 11.6.